The number of nitrogens with one attached hydrogen (secondary N) is 1. The van der Waals surface area contributed by atoms with Crippen LogP contribution in [0, 0.1) is 12.8 Å². The van der Waals surface area contributed by atoms with Crippen molar-refractivity contribution in [2.45, 2.75) is 32.2 Å². The van der Waals surface area contributed by atoms with E-state index in [4.69, 9.17) is 0 Å². The van der Waals surface area contributed by atoms with Crippen molar-refractivity contribution >= 4 is 5.69 Å². The van der Waals surface area contributed by atoms with Crippen LogP contribution in [0.4, 0.5) is 5.69 Å². The summed E-state index contributed by atoms with van der Waals surface area (Å²) in [6, 6.07) is 15.4. The maximum absolute atomic E-state index is 3.62. The number of aryl methyl sites for hydroxylation is 1. The Kier molecular flexibility index (Phi) is 3.86. The van der Waals surface area contributed by atoms with Crippen molar-refractivity contribution in [3.63, 3.8) is 0 Å². The monoisotopic (exact) mass is 306 g/mol. The number of likely N-dealkylation sites (tertiary alicyclic amines) is 1. The molecule has 1 aliphatic carbocycles. The number of nitrogens with zero attached hydrogens (tertiary/aromatic N) is 1. The smallest absolute Gasteiger partial charge is 0.0400 e. The molecule has 2 aliphatic rings. The van der Waals surface area contributed by atoms with Gasteiger partial charge in [0.1, 0.15) is 0 Å². The van der Waals surface area contributed by atoms with Crippen LogP contribution in [0.25, 0.3) is 0 Å². The first-order chi connectivity index (χ1) is 11.2. The van der Waals surface area contributed by atoms with Crippen molar-refractivity contribution < 1.29 is 0 Å². The summed E-state index contributed by atoms with van der Waals surface area (Å²) in [6.07, 6.45) is 2.64. The molecule has 1 aliphatic heterocycles. The van der Waals surface area contributed by atoms with Crippen molar-refractivity contribution in [1.82, 2.24) is 4.90 Å². The summed E-state index contributed by atoms with van der Waals surface area (Å²) in [6.45, 7) is 5.66. The second kappa shape index (κ2) is 6.01. The van der Waals surface area contributed by atoms with E-state index >= 15 is 0 Å². The highest BCUT2D eigenvalue weighted by molar-refractivity contribution is 5.56. The fourth-order valence-electron chi connectivity index (χ4n) is 4.38. The molecule has 0 spiro atoms. The second-order valence-corrected chi connectivity index (χ2v) is 7.32. The maximum Gasteiger partial charge on any atom is 0.0400 e. The minimum atomic E-state index is 0.737. The van der Waals surface area contributed by atoms with Crippen molar-refractivity contribution in [2.24, 2.45) is 5.92 Å². The zero-order valence-corrected chi connectivity index (χ0v) is 14.2. The summed E-state index contributed by atoms with van der Waals surface area (Å²) in [5, 5.41) is 3.62. The van der Waals surface area contributed by atoms with E-state index in [1.54, 1.807) is 11.1 Å². The van der Waals surface area contributed by atoms with Gasteiger partial charge in [-0.3, -0.25) is 0 Å². The molecule has 4 rings (SSSR count). The molecule has 2 atom stereocenters. The lowest BCUT2D eigenvalue weighted by Gasteiger charge is -2.32. The molecular formula is C21H26N2. The number of piperidine rings is 1. The third kappa shape index (κ3) is 2.88. The van der Waals surface area contributed by atoms with Gasteiger partial charge in [0.05, 0.1) is 0 Å². The van der Waals surface area contributed by atoms with Gasteiger partial charge in [-0.05, 0) is 73.7 Å². The number of benzene rings is 2. The molecule has 2 unspecified atom stereocenters. The summed E-state index contributed by atoms with van der Waals surface area (Å²) < 4.78 is 0. The molecule has 2 aromatic carbocycles. The van der Waals surface area contributed by atoms with Gasteiger partial charge in [-0.15, -0.1) is 0 Å². The number of hydrogen-bond donors (Lipinski definition) is 1. The van der Waals surface area contributed by atoms with E-state index in [1.807, 2.05) is 0 Å². The van der Waals surface area contributed by atoms with Crippen molar-refractivity contribution in [2.75, 3.05) is 25.5 Å². The second-order valence-electron chi connectivity index (χ2n) is 7.32. The molecule has 2 nitrogen and oxygen atoms in total. The minimum absolute atomic E-state index is 0.737. The Labute approximate surface area is 139 Å². The van der Waals surface area contributed by atoms with Gasteiger partial charge in [0.15, 0.2) is 0 Å². The van der Waals surface area contributed by atoms with Crippen molar-refractivity contribution in [3.8, 4) is 0 Å². The molecule has 0 bridgehead atoms. The predicted molar refractivity (Wildman–Crippen MR) is 97.0 cm³/mol. The highest BCUT2D eigenvalue weighted by Crippen LogP contribution is 2.44. The van der Waals surface area contributed by atoms with Crippen LogP contribution in [0.2, 0.25) is 0 Å². The Balaban J connectivity index is 1.57. The number of rotatable bonds is 3. The van der Waals surface area contributed by atoms with Gasteiger partial charge in [0.25, 0.3) is 0 Å². The Morgan fingerprint density at radius 1 is 1.17 bits per heavy atom. The fourth-order valence-corrected chi connectivity index (χ4v) is 4.38. The highest BCUT2D eigenvalue weighted by Gasteiger charge is 2.36. The Morgan fingerprint density at radius 3 is 2.83 bits per heavy atom. The topological polar surface area (TPSA) is 15.3 Å². The zero-order chi connectivity index (χ0) is 15.8. The van der Waals surface area contributed by atoms with E-state index in [0.717, 1.165) is 18.4 Å². The summed E-state index contributed by atoms with van der Waals surface area (Å²) >= 11 is 0. The maximum atomic E-state index is 3.62. The van der Waals surface area contributed by atoms with E-state index in [1.165, 1.54) is 42.7 Å². The minimum Gasteiger partial charge on any atom is -0.381 e. The molecule has 120 valence electrons. The summed E-state index contributed by atoms with van der Waals surface area (Å²) in [5.74, 6) is 1.60. The van der Waals surface area contributed by atoms with E-state index in [0.29, 0.717) is 0 Å². The van der Waals surface area contributed by atoms with E-state index in [9.17, 15) is 0 Å². The number of anilines is 1. The molecule has 0 saturated carbocycles. The van der Waals surface area contributed by atoms with Gasteiger partial charge in [-0.2, -0.15) is 0 Å². The molecule has 0 aromatic heterocycles. The number of hydrogen-bond acceptors (Lipinski definition) is 2. The Bertz CT molecular complexity index is 692. The van der Waals surface area contributed by atoms with Crippen LogP contribution >= 0.6 is 0 Å². The first-order valence-electron chi connectivity index (χ1n) is 8.80. The lowest BCUT2D eigenvalue weighted by Crippen LogP contribution is -2.34. The molecule has 0 radical (unpaired) electrons. The van der Waals surface area contributed by atoms with Crippen LogP contribution < -0.4 is 5.32 Å². The largest absolute Gasteiger partial charge is 0.381 e. The van der Waals surface area contributed by atoms with Gasteiger partial charge in [0.2, 0.25) is 0 Å². The van der Waals surface area contributed by atoms with Crippen LogP contribution in [0.1, 0.15) is 34.6 Å². The third-order valence-electron chi connectivity index (χ3n) is 5.67. The standard InChI is InChI=1S/C21H26N2/c1-15-10-18(22-13-16-6-4-3-5-7-16)12-20-19(15)11-17-8-9-23(2)14-21(17)20/h3-7,10,12,17,21-22H,8-9,11,13-14H2,1-2H3. The van der Waals surface area contributed by atoms with Crippen LogP contribution in [-0.4, -0.2) is 25.0 Å². The van der Waals surface area contributed by atoms with Crippen LogP contribution in [-0.2, 0) is 13.0 Å². The SMILES string of the molecule is Cc1cc(NCc2ccccc2)cc2c1CC1CCN(C)CC21. The third-order valence-corrected chi connectivity index (χ3v) is 5.67. The lowest BCUT2D eigenvalue weighted by atomic mass is 9.86. The van der Waals surface area contributed by atoms with Crippen molar-refractivity contribution in [3.05, 3.63) is 64.7 Å². The number of fused-ring (bicyclic) bond motifs is 3. The van der Waals surface area contributed by atoms with E-state index < -0.39 is 0 Å². The molecule has 0 amide bonds. The Hall–Kier alpha value is -1.80. The number of likely N-dealkylation sites (N-methyl/N-ethyl adjacent to an activating group) is 1. The van der Waals surface area contributed by atoms with Crippen molar-refractivity contribution in [1.29, 1.82) is 0 Å². The van der Waals surface area contributed by atoms with E-state index in [-0.39, 0.29) is 0 Å². The summed E-state index contributed by atoms with van der Waals surface area (Å²) in [5.41, 5.74) is 7.31. The molecule has 23 heavy (non-hydrogen) atoms. The van der Waals surface area contributed by atoms with Gasteiger partial charge >= 0.3 is 0 Å². The fraction of sp³-hybridized carbons (Fsp3) is 0.429. The molecule has 2 heteroatoms. The summed E-state index contributed by atoms with van der Waals surface area (Å²) in [7, 11) is 2.26. The molecule has 1 heterocycles. The summed E-state index contributed by atoms with van der Waals surface area (Å²) in [4.78, 5) is 2.50. The first-order valence-corrected chi connectivity index (χ1v) is 8.80. The zero-order valence-electron chi connectivity index (χ0n) is 14.2. The van der Waals surface area contributed by atoms with Crippen LogP contribution in [0.15, 0.2) is 42.5 Å². The molecule has 1 saturated heterocycles. The van der Waals surface area contributed by atoms with Gasteiger partial charge in [0, 0.05) is 24.7 Å². The van der Waals surface area contributed by atoms with Gasteiger partial charge in [-0.25, -0.2) is 0 Å². The van der Waals surface area contributed by atoms with Gasteiger partial charge < -0.3 is 10.2 Å². The van der Waals surface area contributed by atoms with Crippen LogP contribution in [0.5, 0.6) is 0 Å². The normalized spacial score (nSPS) is 23.4. The lowest BCUT2D eigenvalue weighted by molar-refractivity contribution is 0.200. The predicted octanol–water partition coefficient (Wildman–Crippen LogP) is 4.20. The highest BCUT2D eigenvalue weighted by atomic mass is 15.1. The first kappa shape index (κ1) is 14.8. The van der Waals surface area contributed by atoms with Crippen LogP contribution in [0.3, 0.4) is 0 Å². The van der Waals surface area contributed by atoms with Gasteiger partial charge in [-0.1, -0.05) is 30.3 Å². The Morgan fingerprint density at radius 2 is 2.00 bits per heavy atom. The quantitative estimate of drug-likeness (QED) is 0.914. The van der Waals surface area contributed by atoms with E-state index in [2.05, 4.69) is 66.7 Å². The average molecular weight is 306 g/mol. The molecule has 2 aromatic rings. The molecule has 1 N–H and O–H groups in total. The molecule has 1 fully saturated rings. The molecular weight excluding hydrogens is 280 g/mol. The average Bonchev–Trinajstić information content (AvgIpc) is 2.93.